The second-order valence-electron chi connectivity index (χ2n) is 8.53. The summed E-state index contributed by atoms with van der Waals surface area (Å²) in [5.74, 6) is -0.0990. The molecule has 0 unspecified atom stereocenters. The van der Waals surface area contributed by atoms with Gasteiger partial charge in [0.1, 0.15) is 6.61 Å². The number of rotatable bonds is 6. The predicted molar refractivity (Wildman–Crippen MR) is 123 cm³/mol. The van der Waals surface area contributed by atoms with Gasteiger partial charge in [0.2, 0.25) is 5.91 Å². The maximum atomic E-state index is 12.7. The first-order valence-electron chi connectivity index (χ1n) is 11.1. The molecule has 1 aliphatic carbocycles. The van der Waals surface area contributed by atoms with Gasteiger partial charge >= 0.3 is 5.97 Å². The molecule has 3 aromatic carbocycles. The lowest BCUT2D eigenvalue weighted by Crippen LogP contribution is -2.24. The minimum Gasteiger partial charge on any atom is -0.457 e. The highest BCUT2D eigenvalue weighted by atomic mass is 16.5. The molecule has 1 saturated carbocycles. The van der Waals surface area contributed by atoms with E-state index in [9.17, 15) is 9.59 Å². The van der Waals surface area contributed by atoms with E-state index in [-0.39, 0.29) is 30.3 Å². The Morgan fingerprint density at radius 2 is 1.78 bits per heavy atom. The van der Waals surface area contributed by atoms with E-state index in [1.807, 2.05) is 48.5 Å². The molecule has 5 rings (SSSR count). The Labute approximate surface area is 187 Å². The van der Waals surface area contributed by atoms with Gasteiger partial charge in [-0.1, -0.05) is 48.5 Å². The van der Waals surface area contributed by atoms with Gasteiger partial charge in [-0.15, -0.1) is 0 Å². The van der Waals surface area contributed by atoms with Crippen LogP contribution in [0, 0.1) is 5.92 Å². The number of benzene rings is 3. The van der Waals surface area contributed by atoms with Gasteiger partial charge in [0, 0.05) is 18.2 Å². The van der Waals surface area contributed by atoms with Crippen LogP contribution in [0.1, 0.15) is 45.0 Å². The van der Waals surface area contributed by atoms with Gasteiger partial charge in [0.15, 0.2) is 0 Å². The first-order valence-corrected chi connectivity index (χ1v) is 11.1. The highest BCUT2D eigenvalue weighted by Gasteiger charge is 2.44. The summed E-state index contributed by atoms with van der Waals surface area (Å²) >= 11 is 0. The smallest absolute Gasteiger partial charge is 0.338 e. The third-order valence-electron chi connectivity index (χ3n) is 6.27. The maximum Gasteiger partial charge on any atom is 0.338 e. The highest BCUT2D eigenvalue weighted by Crippen LogP contribution is 2.48. The third kappa shape index (κ3) is 4.58. The van der Waals surface area contributed by atoms with Crippen LogP contribution in [-0.4, -0.2) is 18.4 Å². The standard InChI is InChI=1S/C27H26N2O3/c30-26(29-23-11-10-22-16-28-13-12-21(22)14-23)25-15-24(25)19-6-8-20(9-7-19)27(31)32-17-18-4-2-1-3-5-18/h1-11,14,24-25,28H,12-13,15-17H2,(H,29,30)/t24-,25+/m0/s1. The zero-order valence-corrected chi connectivity index (χ0v) is 17.8. The van der Waals surface area contributed by atoms with Gasteiger partial charge in [-0.3, -0.25) is 4.79 Å². The van der Waals surface area contributed by atoms with E-state index in [0.29, 0.717) is 5.56 Å². The molecule has 0 saturated heterocycles. The van der Waals surface area contributed by atoms with Gasteiger partial charge in [0.25, 0.3) is 0 Å². The van der Waals surface area contributed by atoms with Crippen LogP contribution >= 0.6 is 0 Å². The number of anilines is 1. The molecule has 3 aromatic rings. The monoisotopic (exact) mass is 426 g/mol. The van der Waals surface area contributed by atoms with Crippen LogP contribution in [0.2, 0.25) is 0 Å². The van der Waals surface area contributed by atoms with Crippen molar-refractivity contribution in [1.82, 2.24) is 5.32 Å². The van der Waals surface area contributed by atoms with Crippen LogP contribution in [0.3, 0.4) is 0 Å². The van der Waals surface area contributed by atoms with Crippen LogP contribution in [-0.2, 0) is 29.1 Å². The molecule has 5 heteroatoms. The van der Waals surface area contributed by atoms with Crippen molar-refractivity contribution < 1.29 is 14.3 Å². The summed E-state index contributed by atoms with van der Waals surface area (Å²) in [5.41, 5.74) is 6.05. The molecule has 32 heavy (non-hydrogen) atoms. The topological polar surface area (TPSA) is 67.4 Å². The molecule has 1 aliphatic heterocycles. The lowest BCUT2D eigenvalue weighted by atomic mass is 10.0. The number of nitrogens with one attached hydrogen (secondary N) is 2. The second-order valence-corrected chi connectivity index (χ2v) is 8.53. The molecule has 0 radical (unpaired) electrons. The Hall–Kier alpha value is -3.44. The largest absolute Gasteiger partial charge is 0.457 e. The first-order chi connectivity index (χ1) is 15.7. The quantitative estimate of drug-likeness (QED) is 0.572. The summed E-state index contributed by atoms with van der Waals surface area (Å²) < 4.78 is 5.39. The van der Waals surface area contributed by atoms with Crippen molar-refractivity contribution in [3.8, 4) is 0 Å². The lowest BCUT2D eigenvalue weighted by molar-refractivity contribution is -0.117. The van der Waals surface area contributed by atoms with Gasteiger partial charge < -0.3 is 15.4 Å². The Kier molecular flexibility index (Phi) is 5.73. The van der Waals surface area contributed by atoms with Gasteiger partial charge in [0.05, 0.1) is 5.56 Å². The molecule has 1 fully saturated rings. The number of amides is 1. The van der Waals surface area contributed by atoms with Crippen LogP contribution in [0.25, 0.3) is 0 Å². The Morgan fingerprint density at radius 1 is 0.969 bits per heavy atom. The molecular formula is C27H26N2O3. The zero-order chi connectivity index (χ0) is 21.9. The SMILES string of the molecule is O=C(OCc1ccccc1)c1ccc([C@@H]2C[C@H]2C(=O)Nc2ccc3c(c2)CCNC3)cc1. The van der Waals surface area contributed by atoms with Gasteiger partial charge in [-0.25, -0.2) is 4.79 Å². The molecule has 0 aromatic heterocycles. The van der Waals surface area contributed by atoms with Crippen LogP contribution < -0.4 is 10.6 Å². The molecule has 2 atom stereocenters. The number of carbonyl (C=O) groups excluding carboxylic acids is 2. The fraction of sp³-hybridized carbons (Fsp3) is 0.259. The predicted octanol–water partition coefficient (Wildman–Crippen LogP) is 4.43. The molecular weight excluding hydrogens is 400 g/mol. The normalized spacial score (nSPS) is 19.0. The zero-order valence-electron chi connectivity index (χ0n) is 17.8. The molecule has 2 aliphatic rings. The molecule has 1 amide bonds. The minimum atomic E-state index is -0.340. The number of ether oxygens (including phenoxy) is 1. The number of carbonyl (C=O) groups is 2. The van der Waals surface area contributed by atoms with Crippen molar-refractivity contribution in [2.45, 2.75) is 31.9 Å². The van der Waals surface area contributed by atoms with Crippen LogP contribution in [0.15, 0.2) is 72.8 Å². The molecule has 162 valence electrons. The summed E-state index contributed by atoms with van der Waals surface area (Å²) in [5, 5.41) is 6.44. The number of hydrogen-bond acceptors (Lipinski definition) is 4. The van der Waals surface area contributed by atoms with E-state index in [1.54, 1.807) is 12.1 Å². The maximum absolute atomic E-state index is 12.7. The average Bonchev–Trinajstić information content (AvgIpc) is 3.64. The van der Waals surface area contributed by atoms with Gasteiger partial charge in [-0.05, 0) is 71.8 Å². The molecule has 0 spiro atoms. The summed E-state index contributed by atoms with van der Waals surface area (Å²) in [6.07, 6.45) is 1.82. The van der Waals surface area contributed by atoms with Crippen molar-refractivity contribution >= 4 is 17.6 Å². The average molecular weight is 427 g/mol. The van der Waals surface area contributed by atoms with E-state index in [0.717, 1.165) is 42.7 Å². The lowest BCUT2D eigenvalue weighted by Gasteiger charge is -2.18. The Balaban J connectivity index is 1.15. The van der Waals surface area contributed by atoms with Gasteiger partial charge in [-0.2, -0.15) is 0 Å². The first kappa shape index (κ1) is 20.5. The fourth-order valence-electron chi connectivity index (χ4n) is 4.32. The minimum absolute atomic E-state index is 0.0245. The van der Waals surface area contributed by atoms with E-state index < -0.39 is 0 Å². The van der Waals surface area contributed by atoms with E-state index in [4.69, 9.17) is 4.74 Å². The Morgan fingerprint density at radius 3 is 2.59 bits per heavy atom. The molecule has 0 bridgehead atoms. The molecule has 1 heterocycles. The van der Waals surface area contributed by atoms with Crippen molar-refractivity contribution in [3.63, 3.8) is 0 Å². The van der Waals surface area contributed by atoms with Crippen molar-refractivity contribution in [3.05, 3.63) is 101 Å². The molecule has 5 nitrogen and oxygen atoms in total. The van der Waals surface area contributed by atoms with E-state index >= 15 is 0 Å². The summed E-state index contributed by atoms with van der Waals surface area (Å²) in [6.45, 7) is 2.13. The van der Waals surface area contributed by atoms with Crippen molar-refractivity contribution in [2.75, 3.05) is 11.9 Å². The highest BCUT2D eigenvalue weighted by molar-refractivity contribution is 5.95. The summed E-state index contributed by atoms with van der Waals surface area (Å²) in [6, 6.07) is 23.2. The number of hydrogen-bond donors (Lipinski definition) is 2. The number of esters is 1. The van der Waals surface area contributed by atoms with E-state index in [1.165, 1.54) is 11.1 Å². The number of fused-ring (bicyclic) bond motifs is 1. The summed E-state index contributed by atoms with van der Waals surface area (Å²) in [7, 11) is 0. The van der Waals surface area contributed by atoms with Crippen molar-refractivity contribution in [2.24, 2.45) is 5.92 Å². The van der Waals surface area contributed by atoms with Crippen LogP contribution in [0.5, 0.6) is 0 Å². The molecule has 2 N–H and O–H groups in total. The second kappa shape index (κ2) is 8.97. The third-order valence-corrected chi connectivity index (χ3v) is 6.27. The van der Waals surface area contributed by atoms with E-state index in [2.05, 4.69) is 22.8 Å². The fourth-order valence-corrected chi connectivity index (χ4v) is 4.32. The van der Waals surface area contributed by atoms with Crippen LogP contribution in [0.4, 0.5) is 5.69 Å². The summed E-state index contributed by atoms with van der Waals surface area (Å²) in [4.78, 5) is 25.0. The van der Waals surface area contributed by atoms with Crippen molar-refractivity contribution in [1.29, 1.82) is 0 Å². The Bertz CT molecular complexity index is 1130.